The summed E-state index contributed by atoms with van der Waals surface area (Å²) in [6, 6.07) is 30.2. The number of piperazine rings is 1. The van der Waals surface area contributed by atoms with E-state index < -0.39 is 11.7 Å². The molecule has 1 heterocycles. The van der Waals surface area contributed by atoms with Gasteiger partial charge in [-0.15, -0.1) is 0 Å². The zero-order chi connectivity index (χ0) is 29.5. The minimum atomic E-state index is -0.628. The highest BCUT2D eigenvalue weighted by atomic mass is 19.1. The van der Waals surface area contributed by atoms with E-state index in [0.29, 0.717) is 37.4 Å². The number of amides is 3. The molecule has 0 unspecified atom stereocenters. The number of halogens is 1. The molecule has 42 heavy (non-hydrogen) atoms. The van der Waals surface area contributed by atoms with Gasteiger partial charge in [-0.3, -0.25) is 14.4 Å². The zero-order valence-electron chi connectivity index (χ0n) is 23.5. The van der Waals surface area contributed by atoms with Gasteiger partial charge in [-0.2, -0.15) is 0 Å². The Hall–Kier alpha value is -4.98. The van der Waals surface area contributed by atoms with Crippen molar-refractivity contribution in [1.82, 2.24) is 9.80 Å². The number of nitrogens with zero attached hydrogens (tertiary/aromatic N) is 3. The molecule has 0 aliphatic carbocycles. The van der Waals surface area contributed by atoms with Gasteiger partial charge in [0.15, 0.2) is 0 Å². The molecule has 0 radical (unpaired) electrons. The van der Waals surface area contributed by atoms with Crippen LogP contribution in [-0.2, 0) is 11.3 Å². The van der Waals surface area contributed by atoms with Crippen molar-refractivity contribution in [2.24, 2.45) is 0 Å². The Labute approximate surface area is 245 Å². The molecule has 1 aliphatic rings. The standard InChI is InChI=1S/C34H33FN4O3/c1-25-11-13-27(14-12-25)33(41)38-21-19-37(20-22-38)29-17-15-28(16-18-29)36-32(40)24-39(23-26-7-3-2-4-8-26)34(42)30-9-5-6-10-31(30)35/h2-18H,19-24H2,1H3,(H,36,40). The second-order valence-corrected chi connectivity index (χ2v) is 10.4. The lowest BCUT2D eigenvalue weighted by Gasteiger charge is -2.36. The number of rotatable bonds is 8. The van der Waals surface area contributed by atoms with Crippen LogP contribution >= 0.6 is 0 Å². The topological polar surface area (TPSA) is 73.0 Å². The van der Waals surface area contributed by atoms with E-state index in [0.717, 1.165) is 16.8 Å². The molecule has 0 aromatic heterocycles. The first-order valence-electron chi connectivity index (χ1n) is 14.0. The normalized spacial score (nSPS) is 13.0. The lowest BCUT2D eigenvalue weighted by molar-refractivity contribution is -0.117. The van der Waals surface area contributed by atoms with Gasteiger partial charge >= 0.3 is 0 Å². The molecule has 7 nitrogen and oxygen atoms in total. The SMILES string of the molecule is Cc1ccc(C(=O)N2CCN(c3ccc(NC(=O)CN(Cc4ccccc4)C(=O)c4ccccc4F)cc3)CC2)cc1. The van der Waals surface area contributed by atoms with Crippen molar-refractivity contribution in [1.29, 1.82) is 0 Å². The average Bonchev–Trinajstić information content (AvgIpc) is 3.02. The van der Waals surface area contributed by atoms with Crippen LogP contribution in [0.2, 0.25) is 0 Å². The van der Waals surface area contributed by atoms with E-state index in [2.05, 4.69) is 10.2 Å². The van der Waals surface area contributed by atoms with E-state index in [1.165, 1.54) is 23.1 Å². The van der Waals surface area contributed by atoms with Crippen LogP contribution in [0.1, 0.15) is 31.8 Å². The fraction of sp³-hybridized carbons (Fsp3) is 0.206. The molecule has 8 heteroatoms. The van der Waals surface area contributed by atoms with E-state index >= 15 is 0 Å². The summed E-state index contributed by atoms with van der Waals surface area (Å²) in [6.07, 6.45) is 0. The largest absolute Gasteiger partial charge is 0.368 e. The van der Waals surface area contributed by atoms with Gasteiger partial charge in [0, 0.05) is 49.7 Å². The third-order valence-corrected chi connectivity index (χ3v) is 7.32. The number of hydrogen-bond acceptors (Lipinski definition) is 4. The molecular weight excluding hydrogens is 531 g/mol. The molecule has 1 fully saturated rings. The minimum Gasteiger partial charge on any atom is -0.368 e. The number of carbonyl (C=O) groups is 3. The quantitative estimate of drug-likeness (QED) is 0.312. The van der Waals surface area contributed by atoms with Crippen molar-refractivity contribution in [2.75, 3.05) is 42.9 Å². The third kappa shape index (κ3) is 7.01. The van der Waals surface area contributed by atoms with Crippen LogP contribution in [0, 0.1) is 12.7 Å². The summed E-state index contributed by atoms with van der Waals surface area (Å²) in [6.45, 7) is 4.59. The molecule has 0 bridgehead atoms. The number of nitrogens with one attached hydrogen (secondary N) is 1. The highest BCUT2D eigenvalue weighted by Gasteiger charge is 2.24. The first-order valence-corrected chi connectivity index (χ1v) is 14.0. The number of aryl methyl sites for hydroxylation is 1. The summed E-state index contributed by atoms with van der Waals surface area (Å²) < 4.78 is 14.4. The van der Waals surface area contributed by atoms with Gasteiger partial charge in [0.2, 0.25) is 5.91 Å². The van der Waals surface area contributed by atoms with E-state index in [1.54, 1.807) is 6.07 Å². The Bertz CT molecular complexity index is 1530. The van der Waals surface area contributed by atoms with Crippen LogP contribution < -0.4 is 10.2 Å². The maximum atomic E-state index is 14.4. The van der Waals surface area contributed by atoms with E-state index in [4.69, 9.17) is 0 Å². The van der Waals surface area contributed by atoms with Gasteiger partial charge in [0.1, 0.15) is 12.4 Å². The maximum absolute atomic E-state index is 14.4. The number of anilines is 2. The molecule has 0 spiro atoms. The van der Waals surface area contributed by atoms with Crippen LogP contribution in [0.3, 0.4) is 0 Å². The highest BCUT2D eigenvalue weighted by molar-refractivity contribution is 5.99. The fourth-order valence-corrected chi connectivity index (χ4v) is 4.98. The summed E-state index contributed by atoms with van der Waals surface area (Å²) in [4.78, 5) is 44.5. The summed E-state index contributed by atoms with van der Waals surface area (Å²) in [7, 11) is 0. The smallest absolute Gasteiger partial charge is 0.257 e. The summed E-state index contributed by atoms with van der Waals surface area (Å²) in [5.74, 6) is -1.52. The average molecular weight is 565 g/mol. The van der Waals surface area contributed by atoms with Crippen molar-refractivity contribution in [2.45, 2.75) is 13.5 Å². The van der Waals surface area contributed by atoms with Crippen molar-refractivity contribution in [3.63, 3.8) is 0 Å². The van der Waals surface area contributed by atoms with Crippen LogP contribution in [0.4, 0.5) is 15.8 Å². The van der Waals surface area contributed by atoms with Crippen molar-refractivity contribution >= 4 is 29.1 Å². The van der Waals surface area contributed by atoms with Crippen LogP contribution in [0.5, 0.6) is 0 Å². The van der Waals surface area contributed by atoms with Crippen LogP contribution in [-0.4, -0.2) is 60.2 Å². The summed E-state index contributed by atoms with van der Waals surface area (Å²) in [5.41, 5.74) is 4.17. The first-order chi connectivity index (χ1) is 20.4. The molecule has 3 amide bonds. The number of hydrogen-bond donors (Lipinski definition) is 1. The summed E-state index contributed by atoms with van der Waals surface area (Å²) in [5, 5.41) is 2.86. The Morgan fingerprint density at radius 1 is 0.786 bits per heavy atom. The minimum absolute atomic E-state index is 0.0440. The second kappa shape index (κ2) is 13.1. The van der Waals surface area contributed by atoms with Crippen molar-refractivity contribution in [3.05, 3.63) is 131 Å². The molecule has 5 rings (SSSR count). The molecule has 4 aromatic carbocycles. The first kappa shape index (κ1) is 28.5. The zero-order valence-corrected chi connectivity index (χ0v) is 23.5. The predicted octanol–water partition coefficient (Wildman–Crippen LogP) is 5.38. The van der Waals surface area contributed by atoms with E-state index in [-0.39, 0.29) is 30.5 Å². The van der Waals surface area contributed by atoms with Gasteiger partial charge in [-0.05, 0) is 61.0 Å². The molecule has 1 aliphatic heterocycles. The Morgan fingerprint density at radius 2 is 1.43 bits per heavy atom. The molecule has 4 aromatic rings. The predicted molar refractivity (Wildman–Crippen MR) is 162 cm³/mol. The maximum Gasteiger partial charge on any atom is 0.257 e. The summed E-state index contributed by atoms with van der Waals surface area (Å²) >= 11 is 0. The lowest BCUT2D eigenvalue weighted by atomic mass is 10.1. The third-order valence-electron chi connectivity index (χ3n) is 7.32. The van der Waals surface area contributed by atoms with Crippen molar-refractivity contribution < 1.29 is 18.8 Å². The molecule has 0 atom stereocenters. The highest BCUT2D eigenvalue weighted by Crippen LogP contribution is 2.21. The van der Waals surface area contributed by atoms with Crippen LogP contribution in [0.15, 0.2) is 103 Å². The Kier molecular flexibility index (Phi) is 8.92. The molecular formula is C34H33FN4O3. The van der Waals surface area contributed by atoms with Crippen LogP contribution in [0.25, 0.3) is 0 Å². The number of carbonyl (C=O) groups excluding carboxylic acids is 3. The molecule has 0 saturated carbocycles. The van der Waals surface area contributed by atoms with Gasteiger partial charge in [-0.1, -0.05) is 60.2 Å². The second-order valence-electron chi connectivity index (χ2n) is 10.4. The van der Waals surface area contributed by atoms with E-state index in [1.807, 2.05) is 90.7 Å². The van der Waals surface area contributed by atoms with Gasteiger partial charge in [-0.25, -0.2) is 4.39 Å². The molecule has 1 saturated heterocycles. The van der Waals surface area contributed by atoms with Crippen molar-refractivity contribution in [3.8, 4) is 0 Å². The van der Waals surface area contributed by atoms with Gasteiger partial charge in [0.25, 0.3) is 11.8 Å². The molecule has 1 N–H and O–H groups in total. The fourth-order valence-electron chi connectivity index (χ4n) is 4.98. The molecule has 214 valence electrons. The van der Waals surface area contributed by atoms with Gasteiger partial charge < -0.3 is 20.0 Å². The van der Waals surface area contributed by atoms with E-state index in [9.17, 15) is 18.8 Å². The number of benzene rings is 4. The Balaban J connectivity index is 1.18. The van der Waals surface area contributed by atoms with Gasteiger partial charge in [0.05, 0.1) is 5.56 Å². The lowest BCUT2D eigenvalue weighted by Crippen LogP contribution is -2.48. The Morgan fingerprint density at radius 3 is 2.10 bits per heavy atom. The monoisotopic (exact) mass is 564 g/mol.